The SMILES string of the molecule is CCCC/C=C/C=N/OCc1c(F)c(F)c(F)c(F)c1F. The second-order valence-electron chi connectivity index (χ2n) is 4.15. The molecule has 0 aromatic heterocycles. The van der Waals surface area contributed by atoms with Crippen molar-refractivity contribution in [3.8, 4) is 0 Å². The topological polar surface area (TPSA) is 21.6 Å². The fourth-order valence-electron chi connectivity index (χ4n) is 1.44. The smallest absolute Gasteiger partial charge is 0.200 e. The first-order valence-corrected chi connectivity index (χ1v) is 6.31. The summed E-state index contributed by atoms with van der Waals surface area (Å²) in [5.41, 5.74) is -1.06. The minimum absolute atomic E-state index is 0.847. The third-order valence-corrected chi connectivity index (χ3v) is 2.59. The van der Waals surface area contributed by atoms with E-state index >= 15 is 0 Å². The highest BCUT2D eigenvalue weighted by Gasteiger charge is 2.25. The predicted octanol–water partition coefficient (Wildman–Crippen LogP) is 4.63. The molecular formula is C14H14F5NO. The number of unbranched alkanes of at least 4 members (excludes halogenated alkanes) is 2. The molecule has 0 N–H and O–H groups in total. The summed E-state index contributed by atoms with van der Waals surface area (Å²) in [6, 6.07) is 0. The average Bonchev–Trinajstić information content (AvgIpc) is 2.49. The zero-order valence-corrected chi connectivity index (χ0v) is 11.3. The van der Waals surface area contributed by atoms with Crippen molar-refractivity contribution >= 4 is 6.21 Å². The molecule has 1 rings (SSSR count). The fraction of sp³-hybridized carbons (Fsp3) is 0.357. The van der Waals surface area contributed by atoms with Crippen molar-refractivity contribution in [2.45, 2.75) is 32.8 Å². The maximum Gasteiger partial charge on any atom is 0.200 e. The molecule has 1 aromatic rings. The van der Waals surface area contributed by atoms with Gasteiger partial charge in [0.25, 0.3) is 0 Å². The van der Waals surface area contributed by atoms with Crippen molar-refractivity contribution < 1.29 is 26.8 Å². The van der Waals surface area contributed by atoms with Gasteiger partial charge in [-0.2, -0.15) is 0 Å². The minimum atomic E-state index is -2.20. The number of hydrogen-bond donors (Lipinski definition) is 0. The van der Waals surface area contributed by atoms with Gasteiger partial charge in [-0.05, 0) is 12.5 Å². The van der Waals surface area contributed by atoms with Gasteiger partial charge in [0.1, 0.15) is 6.61 Å². The molecule has 0 radical (unpaired) electrons. The molecule has 0 bridgehead atoms. The number of rotatable bonds is 7. The Balaban J connectivity index is 2.65. The lowest BCUT2D eigenvalue weighted by Gasteiger charge is -2.06. The molecule has 116 valence electrons. The van der Waals surface area contributed by atoms with Gasteiger partial charge in [0, 0.05) is 0 Å². The van der Waals surface area contributed by atoms with Crippen LogP contribution in [-0.2, 0) is 11.4 Å². The average molecular weight is 307 g/mol. The molecule has 0 spiro atoms. The van der Waals surface area contributed by atoms with Crippen molar-refractivity contribution in [1.82, 2.24) is 0 Å². The Bertz CT molecular complexity index is 514. The first-order chi connectivity index (χ1) is 10.0. The Morgan fingerprint density at radius 3 is 2.10 bits per heavy atom. The Morgan fingerprint density at radius 1 is 0.952 bits per heavy atom. The maximum absolute atomic E-state index is 13.3. The van der Waals surface area contributed by atoms with E-state index in [-0.39, 0.29) is 0 Å². The Hall–Kier alpha value is -1.92. The van der Waals surface area contributed by atoms with Crippen LogP contribution in [-0.4, -0.2) is 6.21 Å². The quantitative estimate of drug-likeness (QED) is 0.180. The van der Waals surface area contributed by atoms with Gasteiger partial charge < -0.3 is 4.84 Å². The summed E-state index contributed by atoms with van der Waals surface area (Å²) in [6.45, 7) is 1.18. The van der Waals surface area contributed by atoms with Crippen molar-refractivity contribution in [1.29, 1.82) is 0 Å². The van der Waals surface area contributed by atoms with Crippen molar-refractivity contribution in [3.05, 3.63) is 46.8 Å². The third kappa shape index (κ3) is 4.54. The van der Waals surface area contributed by atoms with E-state index in [1.165, 1.54) is 6.21 Å². The Kier molecular flexibility index (Phi) is 6.84. The molecule has 0 unspecified atom stereocenters. The highest BCUT2D eigenvalue weighted by molar-refractivity contribution is 5.70. The monoisotopic (exact) mass is 307 g/mol. The van der Waals surface area contributed by atoms with Crippen LogP contribution < -0.4 is 0 Å². The first kappa shape index (κ1) is 17.1. The predicted molar refractivity (Wildman–Crippen MR) is 68.2 cm³/mol. The zero-order chi connectivity index (χ0) is 15.8. The number of benzene rings is 1. The molecule has 0 amide bonds. The molecule has 0 aliphatic rings. The van der Waals surface area contributed by atoms with E-state index in [2.05, 4.69) is 9.99 Å². The van der Waals surface area contributed by atoms with Crippen LogP contribution in [0.25, 0.3) is 0 Å². The first-order valence-electron chi connectivity index (χ1n) is 6.31. The van der Waals surface area contributed by atoms with Gasteiger partial charge in [-0.3, -0.25) is 0 Å². The Morgan fingerprint density at radius 2 is 1.52 bits per heavy atom. The lowest BCUT2D eigenvalue weighted by atomic mass is 10.2. The van der Waals surface area contributed by atoms with Crippen molar-refractivity contribution in [3.63, 3.8) is 0 Å². The van der Waals surface area contributed by atoms with E-state index in [4.69, 9.17) is 0 Å². The highest BCUT2D eigenvalue weighted by atomic mass is 19.2. The molecule has 0 aliphatic heterocycles. The van der Waals surface area contributed by atoms with E-state index in [0.29, 0.717) is 0 Å². The summed E-state index contributed by atoms with van der Waals surface area (Å²) < 4.78 is 65.1. The van der Waals surface area contributed by atoms with Crippen molar-refractivity contribution in [2.24, 2.45) is 5.16 Å². The largest absolute Gasteiger partial charge is 0.391 e. The second-order valence-corrected chi connectivity index (χ2v) is 4.15. The molecule has 7 heteroatoms. The van der Waals surface area contributed by atoms with Crippen LogP contribution >= 0.6 is 0 Å². The Labute approximate surface area is 118 Å². The number of hydrogen-bond acceptors (Lipinski definition) is 2. The standard InChI is InChI=1S/C14H14F5NO/c1-2-3-4-5-6-7-20-21-8-9-10(15)12(17)14(19)13(18)11(9)16/h5-7H,2-4,8H2,1H3/b6-5+,20-7+. The van der Waals surface area contributed by atoms with Gasteiger partial charge in [0.05, 0.1) is 11.8 Å². The number of nitrogens with zero attached hydrogens (tertiary/aromatic N) is 1. The van der Waals surface area contributed by atoms with E-state index in [9.17, 15) is 22.0 Å². The summed E-state index contributed by atoms with van der Waals surface area (Å²) in [5, 5.41) is 3.34. The lowest BCUT2D eigenvalue weighted by Crippen LogP contribution is -2.07. The van der Waals surface area contributed by atoms with Crippen LogP contribution in [0.4, 0.5) is 22.0 Å². The van der Waals surface area contributed by atoms with Gasteiger partial charge in [0.2, 0.25) is 5.82 Å². The molecule has 0 aliphatic carbocycles. The van der Waals surface area contributed by atoms with Crippen molar-refractivity contribution in [2.75, 3.05) is 0 Å². The van der Waals surface area contributed by atoms with Crippen LogP contribution in [0.1, 0.15) is 31.7 Å². The van der Waals surface area contributed by atoms with E-state index in [1.807, 2.05) is 13.0 Å². The van der Waals surface area contributed by atoms with Gasteiger partial charge in [0.15, 0.2) is 23.3 Å². The van der Waals surface area contributed by atoms with Crippen LogP contribution in [0.3, 0.4) is 0 Å². The molecule has 0 saturated carbocycles. The molecule has 2 nitrogen and oxygen atoms in total. The minimum Gasteiger partial charge on any atom is -0.391 e. The van der Waals surface area contributed by atoms with E-state index < -0.39 is 41.3 Å². The molecule has 0 saturated heterocycles. The zero-order valence-electron chi connectivity index (χ0n) is 11.3. The van der Waals surface area contributed by atoms with Gasteiger partial charge >= 0.3 is 0 Å². The summed E-state index contributed by atoms with van der Waals surface area (Å²) in [4.78, 5) is 4.52. The highest BCUT2D eigenvalue weighted by Crippen LogP contribution is 2.23. The normalized spacial score (nSPS) is 11.7. The van der Waals surface area contributed by atoms with Gasteiger partial charge in [-0.1, -0.05) is 31.0 Å². The van der Waals surface area contributed by atoms with Crippen LogP contribution in [0.15, 0.2) is 17.3 Å². The van der Waals surface area contributed by atoms with E-state index in [1.54, 1.807) is 6.08 Å². The summed E-state index contributed by atoms with van der Waals surface area (Å²) in [7, 11) is 0. The molecule has 0 atom stereocenters. The summed E-state index contributed by atoms with van der Waals surface area (Å²) in [6.07, 6.45) is 7.50. The number of oxime groups is 1. The molecule has 21 heavy (non-hydrogen) atoms. The second kappa shape index (κ2) is 8.39. The van der Waals surface area contributed by atoms with E-state index in [0.717, 1.165) is 19.3 Å². The molecular weight excluding hydrogens is 293 g/mol. The maximum atomic E-state index is 13.3. The third-order valence-electron chi connectivity index (χ3n) is 2.59. The number of allylic oxidation sites excluding steroid dienone is 2. The molecule has 0 heterocycles. The molecule has 0 fully saturated rings. The summed E-state index contributed by atoms with van der Waals surface area (Å²) >= 11 is 0. The van der Waals surface area contributed by atoms with Gasteiger partial charge in [-0.25, -0.2) is 22.0 Å². The summed E-state index contributed by atoms with van der Waals surface area (Å²) in [5.74, 6) is -10.0. The van der Waals surface area contributed by atoms with Crippen LogP contribution in [0.2, 0.25) is 0 Å². The fourth-order valence-corrected chi connectivity index (χ4v) is 1.44. The van der Waals surface area contributed by atoms with Crippen LogP contribution in [0.5, 0.6) is 0 Å². The lowest BCUT2D eigenvalue weighted by molar-refractivity contribution is 0.124. The van der Waals surface area contributed by atoms with Gasteiger partial charge in [-0.15, -0.1) is 0 Å². The molecule has 1 aromatic carbocycles. The van der Waals surface area contributed by atoms with Crippen LogP contribution in [0, 0.1) is 29.1 Å². The number of halogens is 5.